The third kappa shape index (κ3) is 4.26. The van der Waals surface area contributed by atoms with Gasteiger partial charge in [-0.3, -0.25) is 0 Å². The highest BCUT2D eigenvalue weighted by molar-refractivity contribution is 6.36. The van der Waals surface area contributed by atoms with E-state index in [4.69, 9.17) is 27.9 Å². The van der Waals surface area contributed by atoms with Crippen LogP contribution in [0.4, 0.5) is 0 Å². The number of ether oxygens (including phenoxy) is 1. The van der Waals surface area contributed by atoms with Crippen LogP contribution < -0.4 is 5.32 Å². The minimum absolute atomic E-state index is 0.0112. The molecule has 0 saturated carbocycles. The van der Waals surface area contributed by atoms with Crippen LogP contribution in [0.3, 0.4) is 0 Å². The number of nitrogens with one attached hydrogen (secondary N) is 1. The summed E-state index contributed by atoms with van der Waals surface area (Å²) in [6, 6.07) is 5.62. The Morgan fingerprint density at radius 3 is 2.79 bits per heavy atom. The molecule has 1 atom stereocenters. The summed E-state index contributed by atoms with van der Waals surface area (Å²) in [6.07, 6.45) is 1.15. The van der Waals surface area contributed by atoms with Crippen molar-refractivity contribution in [1.82, 2.24) is 20.1 Å². The first kappa shape index (κ1) is 17.6. The predicted molar refractivity (Wildman–Crippen MR) is 92.7 cm³/mol. The number of morpholine rings is 1. The summed E-state index contributed by atoms with van der Waals surface area (Å²) >= 11 is 12.5. The zero-order chi connectivity index (χ0) is 16.9. The molecule has 1 aliphatic heterocycles. The second kappa shape index (κ2) is 8.27. The topological polar surface area (TPSA) is 72.2 Å². The van der Waals surface area contributed by atoms with Crippen molar-refractivity contribution in [2.24, 2.45) is 0 Å². The number of aliphatic hydroxyl groups is 1. The molecule has 0 aliphatic carbocycles. The van der Waals surface area contributed by atoms with Gasteiger partial charge in [-0.25, -0.2) is 9.67 Å². The molecule has 1 unspecified atom stereocenters. The Kier molecular flexibility index (Phi) is 6.08. The normalized spacial score (nSPS) is 18.0. The van der Waals surface area contributed by atoms with E-state index >= 15 is 0 Å². The summed E-state index contributed by atoms with van der Waals surface area (Å²) < 4.78 is 7.23. The SMILES string of the molecule is OCCn1nc(Cc2c(Cl)cccc2Cl)nc1CC1COCCN1. The molecule has 24 heavy (non-hydrogen) atoms. The smallest absolute Gasteiger partial charge is 0.155 e. The molecule has 1 fully saturated rings. The molecule has 2 aromatic rings. The monoisotopic (exact) mass is 370 g/mol. The van der Waals surface area contributed by atoms with Crippen LogP contribution in [0.1, 0.15) is 17.2 Å². The second-order valence-electron chi connectivity index (χ2n) is 5.70. The number of hydrogen-bond acceptors (Lipinski definition) is 5. The summed E-state index contributed by atoms with van der Waals surface area (Å²) in [7, 11) is 0. The lowest BCUT2D eigenvalue weighted by Crippen LogP contribution is -2.43. The number of nitrogens with zero attached hydrogens (tertiary/aromatic N) is 3. The van der Waals surface area contributed by atoms with Gasteiger partial charge in [-0.1, -0.05) is 29.3 Å². The van der Waals surface area contributed by atoms with Gasteiger partial charge in [-0.2, -0.15) is 5.10 Å². The van der Waals surface area contributed by atoms with E-state index in [1.54, 1.807) is 16.8 Å². The van der Waals surface area contributed by atoms with E-state index in [-0.39, 0.29) is 12.6 Å². The lowest BCUT2D eigenvalue weighted by molar-refractivity contribution is 0.0759. The highest BCUT2D eigenvalue weighted by atomic mass is 35.5. The van der Waals surface area contributed by atoms with Crippen LogP contribution >= 0.6 is 23.2 Å². The molecule has 1 aromatic heterocycles. The van der Waals surface area contributed by atoms with E-state index in [9.17, 15) is 5.11 Å². The Hall–Kier alpha value is -1.18. The molecular formula is C16H20Cl2N4O2. The van der Waals surface area contributed by atoms with Crippen LogP contribution in [0.25, 0.3) is 0 Å². The maximum absolute atomic E-state index is 9.27. The number of rotatable bonds is 6. The lowest BCUT2D eigenvalue weighted by atomic mass is 10.1. The van der Waals surface area contributed by atoms with Crippen LogP contribution in [0.5, 0.6) is 0 Å². The van der Waals surface area contributed by atoms with Gasteiger partial charge in [-0.15, -0.1) is 0 Å². The molecular weight excluding hydrogens is 351 g/mol. The summed E-state index contributed by atoms with van der Waals surface area (Å²) in [5.74, 6) is 1.47. The molecule has 130 valence electrons. The fourth-order valence-corrected chi connectivity index (χ4v) is 3.29. The van der Waals surface area contributed by atoms with Crippen molar-refractivity contribution >= 4 is 23.2 Å². The fourth-order valence-electron chi connectivity index (χ4n) is 2.76. The van der Waals surface area contributed by atoms with Gasteiger partial charge >= 0.3 is 0 Å². The maximum atomic E-state index is 9.27. The Bertz CT molecular complexity index is 666. The number of aromatic nitrogens is 3. The molecule has 2 N–H and O–H groups in total. The average Bonchev–Trinajstić information content (AvgIpc) is 2.94. The molecule has 6 nitrogen and oxygen atoms in total. The Labute approximate surface area is 150 Å². The van der Waals surface area contributed by atoms with Crippen molar-refractivity contribution in [2.45, 2.75) is 25.4 Å². The van der Waals surface area contributed by atoms with Crippen LogP contribution in [-0.2, 0) is 24.1 Å². The molecule has 0 spiro atoms. The van der Waals surface area contributed by atoms with Gasteiger partial charge in [-0.05, 0) is 17.7 Å². The molecule has 2 heterocycles. The maximum Gasteiger partial charge on any atom is 0.155 e. The molecule has 0 bridgehead atoms. The van der Waals surface area contributed by atoms with Crippen molar-refractivity contribution < 1.29 is 9.84 Å². The zero-order valence-electron chi connectivity index (χ0n) is 13.2. The minimum Gasteiger partial charge on any atom is -0.394 e. The summed E-state index contributed by atoms with van der Waals surface area (Å²) in [4.78, 5) is 4.63. The van der Waals surface area contributed by atoms with Crippen molar-refractivity contribution in [3.05, 3.63) is 45.5 Å². The van der Waals surface area contributed by atoms with Gasteiger partial charge in [0.05, 0.1) is 26.4 Å². The van der Waals surface area contributed by atoms with Crippen molar-refractivity contribution in [1.29, 1.82) is 0 Å². The molecule has 8 heteroatoms. The molecule has 1 aromatic carbocycles. The molecule has 0 amide bonds. The third-order valence-corrected chi connectivity index (χ3v) is 4.64. The summed E-state index contributed by atoms with van der Waals surface area (Å²) in [6.45, 7) is 2.64. The summed E-state index contributed by atoms with van der Waals surface area (Å²) in [5, 5.41) is 18.4. The standard InChI is InChI=1S/C16H20Cl2N4O2/c17-13-2-1-3-14(18)12(13)9-15-20-16(22(21-15)5-6-23)8-11-10-24-7-4-19-11/h1-3,11,19,23H,4-10H2. The van der Waals surface area contributed by atoms with Gasteiger partial charge in [0.1, 0.15) is 5.82 Å². The molecule has 1 aliphatic rings. The van der Waals surface area contributed by atoms with Gasteiger partial charge < -0.3 is 15.2 Å². The Balaban J connectivity index is 1.79. The Morgan fingerprint density at radius 2 is 2.12 bits per heavy atom. The first-order chi connectivity index (χ1) is 11.7. The molecule has 1 saturated heterocycles. The Morgan fingerprint density at radius 1 is 1.33 bits per heavy atom. The second-order valence-corrected chi connectivity index (χ2v) is 6.51. The quantitative estimate of drug-likeness (QED) is 0.809. The van der Waals surface area contributed by atoms with Crippen molar-refractivity contribution in [3.63, 3.8) is 0 Å². The van der Waals surface area contributed by atoms with E-state index in [1.807, 2.05) is 6.07 Å². The largest absolute Gasteiger partial charge is 0.394 e. The van der Waals surface area contributed by atoms with Crippen LogP contribution in [-0.4, -0.2) is 52.3 Å². The predicted octanol–water partition coefficient (Wildman–Crippen LogP) is 1.70. The van der Waals surface area contributed by atoms with Gasteiger partial charge in [0, 0.05) is 35.5 Å². The van der Waals surface area contributed by atoms with Gasteiger partial charge in [0.15, 0.2) is 5.82 Å². The van der Waals surface area contributed by atoms with Gasteiger partial charge in [0.25, 0.3) is 0 Å². The fraction of sp³-hybridized carbons (Fsp3) is 0.500. The van der Waals surface area contributed by atoms with E-state index in [2.05, 4.69) is 15.4 Å². The van der Waals surface area contributed by atoms with Crippen LogP contribution in [0.15, 0.2) is 18.2 Å². The number of hydrogen-bond donors (Lipinski definition) is 2. The van der Waals surface area contributed by atoms with Gasteiger partial charge in [0.2, 0.25) is 0 Å². The minimum atomic E-state index is 0.0112. The van der Waals surface area contributed by atoms with E-state index in [0.717, 1.165) is 24.5 Å². The van der Waals surface area contributed by atoms with E-state index in [0.29, 0.717) is 41.9 Å². The third-order valence-electron chi connectivity index (χ3n) is 3.93. The highest BCUT2D eigenvalue weighted by Crippen LogP contribution is 2.26. The van der Waals surface area contributed by atoms with Crippen molar-refractivity contribution in [3.8, 4) is 0 Å². The zero-order valence-corrected chi connectivity index (χ0v) is 14.7. The number of aliphatic hydroxyl groups excluding tert-OH is 1. The average molecular weight is 371 g/mol. The highest BCUT2D eigenvalue weighted by Gasteiger charge is 2.19. The summed E-state index contributed by atoms with van der Waals surface area (Å²) in [5.41, 5.74) is 0.813. The lowest BCUT2D eigenvalue weighted by Gasteiger charge is -2.23. The van der Waals surface area contributed by atoms with Crippen LogP contribution in [0.2, 0.25) is 10.0 Å². The van der Waals surface area contributed by atoms with Crippen molar-refractivity contribution in [2.75, 3.05) is 26.4 Å². The number of benzene rings is 1. The molecule has 3 rings (SSSR count). The first-order valence-corrected chi connectivity index (χ1v) is 8.70. The van der Waals surface area contributed by atoms with E-state index < -0.39 is 0 Å². The first-order valence-electron chi connectivity index (χ1n) is 7.95. The van der Waals surface area contributed by atoms with E-state index in [1.165, 1.54) is 0 Å². The molecule has 0 radical (unpaired) electrons. The number of halogens is 2. The van der Waals surface area contributed by atoms with Crippen LogP contribution in [0, 0.1) is 0 Å².